The molecular formula is C17HF33O4. The Morgan fingerprint density at radius 2 is 0.463 bits per heavy atom. The van der Waals surface area contributed by atoms with Crippen molar-refractivity contribution in [2.45, 2.75) is 95.8 Å². The summed E-state index contributed by atoms with van der Waals surface area (Å²) >= 11 is 0. The molecular weight excluding hydrogens is 895 g/mol. The van der Waals surface area contributed by atoms with E-state index in [2.05, 4.69) is 0 Å². The summed E-state index contributed by atoms with van der Waals surface area (Å²) in [7, 11) is 0. The minimum absolute atomic E-state index is 0.740. The molecule has 0 aliphatic carbocycles. The summed E-state index contributed by atoms with van der Waals surface area (Å²) in [5.74, 6) is -109. The van der Waals surface area contributed by atoms with Crippen molar-refractivity contribution in [3.8, 4) is 0 Å². The molecule has 0 spiro atoms. The molecule has 0 aliphatic rings. The summed E-state index contributed by atoms with van der Waals surface area (Å²) in [4.78, 5) is 9.91. The maximum absolute atomic E-state index is 13.8. The summed E-state index contributed by atoms with van der Waals surface area (Å²) in [6.07, 6.45) is -42.2. The summed E-state index contributed by atoms with van der Waals surface area (Å²) in [6, 6.07) is 0. The van der Waals surface area contributed by atoms with Crippen molar-refractivity contribution >= 4 is 5.97 Å². The lowest BCUT2D eigenvalue weighted by Gasteiger charge is -2.45. The normalized spacial score (nSPS) is 16.9. The number of ether oxygens (including phenoxy) is 2. The van der Waals surface area contributed by atoms with Gasteiger partial charge in [0.15, 0.2) is 0 Å². The quantitative estimate of drug-likeness (QED) is 0.148. The largest absolute Gasteiger partial charge is 0.477 e. The van der Waals surface area contributed by atoms with Crippen LogP contribution in [-0.4, -0.2) is 107 Å². The van der Waals surface area contributed by atoms with Crippen molar-refractivity contribution in [2.75, 3.05) is 0 Å². The zero-order valence-corrected chi connectivity index (χ0v) is 22.6. The molecule has 324 valence electrons. The van der Waals surface area contributed by atoms with Crippen LogP contribution < -0.4 is 0 Å². The number of rotatable bonds is 17. The molecule has 54 heavy (non-hydrogen) atoms. The van der Waals surface area contributed by atoms with Crippen molar-refractivity contribution < 1.29 is 164 Å². The number of alkyl halides is 33. The second-order valence-electron chi connectivity index (χ2n) is 9.39. The van der Waals surface area contributed by atoms with Gasteiger partial charge in [0.05, 0.1) is 0 Å². The number of carboxylic acids is 1. The first kappa shape index (κ1) is 51.1. The maximum atomic E-state index is 13.8. The number of hydrogen-bond acceptors (Lipinski definition) is 3. The molecule has 0 rings (SSSR count). The lowest BCUT2D eigenvalue weighted by molar-refractivity contribution is -0.551. The Kier molecular flexibility index (Phi) is 11.9. The second kappa shape index (κ2) is 12.5. The molecule has 0 saturated heterocycles. The van der Waals surface area contributed by atoms with E-state index in [0.29, 0.717) is 0 Å². The molecule has 4 nitrogen and oxygen atoms in total. The number of carbonyl (C=O) groups is 1. The fourth-order valence-corrected chi connectivity index (χ4v) is 2.63. The molecule has 0 unspecified atom stereocenters. The van der Waals surface area contributed by atoms with Gasteiger partial charge in [-0.2, -0.15) is 145 Å². The molecule has 0 radical (unpaired) electrons. The van der Waals surface area contributed by atoms with E-state index in [1.165, 1.54) is 0 Å². The van der Waals surface area contributed by atoms with Gasteiger partial charge in [-0.25, -0.2) is 14.3 Å². The zero-order chi connectivity index (χ0) is 45.0. The zero-order valence-electron chi connectivity index (χ0n) is 22.6. The van der Waals surface area contributed by atoms with Crippen LogP contribution in [0.2, 0.25) is 0 Å². The van der Waals surface area contributed by atoms with Crippen molar-refractivity contribution in [2.24, 2.45) is 0 Å². The SMILES string of the molecule is O=C(O)C(F)(F)C(F)(F)OC(F)(F)C(F)(F)OC(F)(F)C(F)(F)C(F)(F)C(F)(F)C(F)(F)C(F)(F)C(F)(F)C(F)(F)C(F)(F)C(F)(F)C(F)(F)C(F)(F)F. The summed E-state index contributed by atoms with van der Waals surface area (Å²) in [5.41, 5.74) is 0. The molecule has 0 atom stereocenters. The number of hydrogen-bond donors (Lipinski definition) is 1. The van der Waals surface area contributed by atoms with Gasteiger partial charge in [-0.1, -0.05) is 0 Å². The lowest BCUT2D eigenvalue weighted by atomic mass is 9.85. The molecule has 0 bridgehead atoms. The average Bonchev–Trinajstić information content (AvgIpc) is 2.89. The Balaban J connectivity index is 7.37. The Labute approximate surface area is 267 Å². The van der Waals surface area contributed by atoms with Crippen LogP contribution in [0.15, 0.2) is 0 Å². The Morgan fingerprint density at radius 1 is 0.278 bits per heavy atom. The van der Waals surface area contributed by atoms with Gasteiger partial charge in [0.1, 0.15) is 0 Å². The standard InChI is InChI=1S/C17HF33O4/c18-2(19,1(51)52)14(43,44)53-16(47,48)17(49,50)54-15(45,46)12(38,39)10(34,35)8(30,31)6(26,27)4(22,23)3(20,21)5(24,25)7(28,29)9(32,33)11(36,37)13(40,41)42/h(H,51,52). The molecule has 0 aromatic heterocycles. The predicted octanol–water partition coefficient (Wildman–Crippen LogP) is 10.0. The molecule has 0 heterocycles. The van der Waals surface area contributed by atoms with E-state index in [1.807, 2.05) is 0 Å². The van der Waals surface area contributed by atoms with E-state index in [1.54, 1.807) is 0 Å². The molecule has 0 aliphatic heterocycles. The number of aliphatic carboxylic acids is 1. The average molecular weight is 896 g/mol. The third kappa shape index (κ3) is 6.50. The van der Waals surface area contributed by atoms with Crippen LogP contribution in [-0.2, 0) is 14.3 Å². The van der Waals surface area contributed by atoms with Gasteiger partial charge in [0.2, 0.25) is 0 Å². The van der Waals surface area contributed by atoms with Crippen molar-refractivity contribution in [1.82, 2.24) is 0 Å². The van der Waals surface area contributed by atoms with Crippen LogP contribution in [0.5, 0.6) is 0 Å². The summed E-state index contributed by atoms with van der Waals surface area (Å²) in [5, 5.41) is 7.70. The van der Waals surface area contributed by atoms with Crippen LogP contribution >= 0.6 is 0 Å². The highest BCUT2D eigenvalue weighted by Gasteiger charge is 3.00. The van der Waals surface area contributed by atoms with Gasteiger partial charge in [-0.15, -0.1) is 0 Å². The van der Waals surface area contributed by atoms with Gasteiger partial charge < -0.3 is 5.11 Å². The lowest BCUT2D eigenvalue weighted by Crippen LogP contribution is -2.78. The molecule has 0 fully saturated rings. The van der Waals surface area contributed by atoms with Crippen LogP contribution in [0.3, 0.4) is 0 Å². The Hall–Kier alpha value is -2.92. The molecule has 1 N–H and O–H groups in total. The molecule has 37 heteroatoms. The first-order valence-corrected chi connectivity index (χ1v) is 11.0. The van der Waals surface area contributed by atoms with Gasteiger partial charge in [0.25, 0.3) is 0 Å². The third-order valence-corrected chi connectivity index (χ3v) is 5.76. The highest BCUT2D eigenvalue weighted by atomic mass is 19.4. The predicted molar refractivity (Wildman–Crippen MR) is 90.1 cm³/mol. The molecule has 0 aromatic rings. The van der Waals surface area contributed by atoms with Crippen molar-refractivity contribution in [3.63, 3.8) is 0 Å². The van der Waals surface area contributed by atoms with E-state index in [-0.39, 0.29) is 0 Å². The Morgan fingerprint density at radius 3 is 0.667 bits per heavy atom. The molecule has 0 amide bonds. The van der Waals surface area contributed by atoms with E-state index in [9.17, 15) is 150 Å². The van der Waals surface area contributed by atoms with E-state index in [0.717, 1.165) is 9.47 Å². The van der Waals surface area contributed by atoms with Crippen LogP contribution in [0.4, 0.5) is 145 Å². The minimum Gasteiger partial charge on any atom is -0.477 e. The minimum atomic E-state index is -10.1. The van der Waals surface area contributed by atoms with Crippen molar-refractivity contribution in [1.29, 1.82) is 0 Å². The molecule has 0 aromatic carbocycles. The monoisotopic (exact) mass is 896 g/mol. The number of carboxylic acid groups (broad SMARTS) is 1. The fraction of sp³-hybridized carbons (Fsp3) is 0.941. The first-order chi connectivity index (χ1) is 22.6. The van der Waals surface area contributed by atoms with Crippen LogP contribution in [0, 0.1) is 0 Å². The topological polar surface area (TPSA) is 55.8 Å². The third-order valence-electron chi connectivity index (χ3n) is 5.76. The Bertz CT molecular complexity index is 1390. The maximum Gasteiger partial charge on any atom is 0.460 e. The van der Waals surface area contributed by atoms with Gasteiger partial charge >= 0.3 is 102 Å². The first-order valence-electron chi connectivity index (χ1n) is 11.0. The van der Waals surface area contributed by atoms with Gasteiger partial charge in [0, 0.05) is 0 Å². The fourth-order valence-electron chi connectivity index (χ4n) is 2.63. The van der Waals surface area contributed by atoms with E-state index >= 15 is 0 Å². The smallest absolute Gasteiger partial charge is 0.460 e. The summed E-state index contributed by atoms with van der Waals surface area (Å²) < 4.78 is 440. The van der Waals surface area contributed by atoms with Crippen LogP contribution in [0.25, 0.3) is 0 Å². The number of halogens is 33. The highest BCUT2D eigenvalue weighted by Crippen LogP contribution is 2.68. The van der Waals surface area contributed by atoms with E-state index < -0.39 is 102 Å². The second-order valence-corrected chi connectivity index (χ2v) is 9.39. The van der Waals surface area contributed by atoms with Crippen molar-refractivity contribution in [3.05, 3.63) is 0 Å². The van der Waals surface area contributed by atoms with Gasteiger partial charge in [-0.05, 0) is 0 Å². The molecule has 0 saturated carbocycles. The summed E-state index contributed by atoms with van der Waals surface area (Å²) in [6.45, 7) is 0. The van der Waals surface area contributed by atoms with Gasteiger partial charge in [-0.3, -0.25) is 0 Å². The van der Waals surface area contributed by atoms with E-state index in [4.69, 9.17) is 5.11 Å². The van der Waals surface area contributed by atoms with Crippen LogP contribution in [0.1, 0.15) is 0 Å². The highest BCUT2D eigenvalue weighted by molar-refractivity contribution is 5.76.